The van der Waals surface area contributed by atoms with Gasteiger partial charge in [0.05, 0.1) is 0 Å². The third kappa shape index (κ3) is 4.10. The normalized spacial score (nSPS) is 21.4. The van der Waals surface area contributed by atoms with E-state index in [1.54, 1.807) is 23.1 Å². The molecule has 0 bridgehead atoms. The lowest BCUT2D eigenvalue weighted by atomic mass is 10.4. The maximum atomic E-state index is 12.4. The third-order valence-corrected chi connectivity index (χ3v) is 5.94. The SMILES string of the molecule is CSCC(C)N(C)S(=O)(=O)N1CCCNCC1. The smallest absolute Gasteiger partial charge is 0.282 e. The summed E-state index contributed by atoms with van der Waals surface area (Å²) in [6.07, 6.45) is 2.87. The summed E-state index contributed by atoms with van der Waals surface area (Å²) in [4.78, 5) is 0. The summed E-state index contributed by atoms with van der Waals surface area (Å²) < 4.78 is 27.8. The lowest BCUT2D eigenvalue weighted by Gasteiger charge is -2.30. The Morgan fingerprint density at radius 3 is 2.76 bits per heavy atom. The number of nitrogens with one attached hydrogen (secondary N) is 1. The predicted octanol–water partition coefficient (Wildman–Crippen LogP) is 0.210. The molecule has 17 heavy (non-hydrogen) atoms. The van der Waals surface area contributed by atoms with Crippen molar-refractivity contribution in [2.75, 3.05) is 45.2 Å². The van der Waals surface area contributed by atoms with Gasteiger partial charge in [0.15, 0.2) is 0 Å². The molecule has 1 unspecified atom stereocenters. The molecule has 0 aromatic heterocycles. The second kappa shape index (κ2) is 6.94. The highest BCUT2D eigenvalue weighted by Gasteiger charge is 2.30. The Morgan fingerprint density at radius 2 is 2.12 bits per heavy atom. The number of hydrogen-bond donors (Lipinski definition) is 1. The van der Waals surface area contributed by atoms with E-state index in [0.717, 1.165) is 25.3 Å². The first-order chi connectivity index (χ1) is 8.00. The van der Waals surface area contributed by atoms with Crippen LogP contribution in [0.15, 0.2) is 0 Å². The molecule has 7 heteroatoms. The van der Waals surface area contributed by atoms with E-state index in [-0.39, 0.29) is 6.04 Å². The Hall–Kier alpha value is 0.180. The Morgan fingerprint density at radius 1 is 1.41 bits per heavy atom. The number of hydrogen-bond acceptors (Lipinski definition) is 4. The highest BCUT2D eigenvalue weighted by molar-refractivity contribution is 7.98. The zero-order chi connectivity index (χ0) is 12.9. The summed E-state index contributed by atoms with van der Waals surface area (Å²) in [5, 5.41) is 3.21. The summed E-state index contributed by atoms with van der Waals surface area (Å²) in [7, 11) is -1.62. The van der Waals surface area contributed by atoms with Crippen LogP contribution in [0.25, 0.3) is 0 Å². The van der Waals surface area contributed by atoms with Gasteiger partial charge in [-0.25, -0.2) is 0 Å². The van der Waals surface area contributed by atoms with Crippen molar-refractivity contribution < 1.29 is 8.42 Å². The fourth-order valence-electron chi connectivity index (χ4n) is 1.81. The molecular weight excluding hydrogens is 258 g/mol. The summed E-state index contributed by atoms with van der Waals surface area (Å²) in [5.41, 5.74) is 0. The minimum absolute atomic E-state index is 0.0335. The van der Waals surface area contributed by atoms with Crippen molar-refractivity contribution in [1.82, 2.24) is 13.9 Å². The van der Waals surface area contributed by atoms with Gasteiger partial charge in [0, 0.05) is 38.5 Å². The lowest BCUT2D eigenvalue weighted by molar-refractivity contribution is 0.345. The molecule has 1 N–H and O–H groups in total. The molecule has 1 aliphatic rings. The molecule has 0 aromatic rings. The summed E-state index contributed by atoms with van der Waals surface area (Å²) in [6, 6.07) is 0.0335. The predicted molar refractivity (Wildman–Crippen MR) is 73.6 cm³/mol. The van der Waals surface area contributed by atoms with E-state index in [0.29, 0.717) is 13.1 Å². The Balaban J connectivity index is 2.71. The van der Waals surface area contributed by atoms with Gasteiger partial charge in [0.1, 0.15) is 0 Å². The molecule has 0 amide bonds. The van der Waals surface area contributed by atoms with Crippen molar-refractivity contribution in [3.8, 4) is 0 Å². The monoisotopic (exact) mass is 281 g/mol. The molecule has 1 fully saturated rings. The van der Waals surface area contributed by atoms with Gasteiger partial charge in [0.2, 0.25) is 0 Å². The zero-order valence-corrected chi connectivity index (χ0v) is 12.5. The van der Waals surface area contributed by atoms with Gasteiger partial charge in [-0.05, 0) is 26.1 Å². The quantitative estimate of drug-likeness (QED) is 0.783. The Kier molecular flexibility index (Phi) is 6.22. The topological polar surface area (TPSA) is 52.7 Å². The van der Waals surface area contributed by atoms with Crippen LogP contribution in [0.2, 0.25) is 0 Å². The zero-order valence-electron chi connectivity index (χ0n) is 10.8. The largest absolute Gasteiger partial charge is 0.315 e. The number of nitrogens with zero attached hydrogens (tertiary/aromatic N) is 2. The number of rotatable bonds is 5. The van der Waals surface area contributed by atoms with Crippen LogP contribution in [0, 0.1) is 0 Å². The van der Waals surface area contributed by atoms with Crippen LogP contribution >= 0.6 is 11.8 Å². The average Bonchev–Trinajstić information content (AvgIpc) is 2.57. The van der Waals surface area contributed by atoms with E-state index in [4.69, 9.17) is 0 Å². The second-order valence-corrected chi connectivity index (χ2v) is 7.23. The maximum absolute atomic E-state index is 12.4. The van der Waals surface area contributed by atoms with Crippen molar-refractivity contribution in [2.24, 2.45) is 0 Å². The first kappa shape index (κ1) is 15.2. The van der Waals surface area contributed by atoms with Crippen LogP contribution < -0.4 is 5.32 Å². The van der Waals surface area contributed by atoms with Crippen molar-refractivity contribution >= 4 is 22.0 Å². The van der Waals surface area contributed by atoms with Gasteiger partial charge >= 0.3 is 0 Å². The molecule has 1 heterocycles. The van der Waals surface area contributed by atoms with Crippen molar-refractivity contribution in [2.45, 2.75) is 19.4 Å². The van der Waals surface area contributed by atoms with E-state index < -0.39 is 10.2 Å². The first-order valence-electron chi connectivity index (χ1n) is 5.93. The fourth-order valence-corrected chi connectivity index (χ4v) is 4.18. The molecule has 0 saturated carbocycles. The minimum atomic E-state index is -3.29. The first-order valence-corrected chi connectivity index (χ1v) is 8.72. The summed E-state index contributed by atoms with van der Waals surface area (Å²) >= 11 is 1.67. The van der Waals surface area contributed by atoms with E-state index in [9.17, 15) is 8.42 Å². The van der Waals surface area contributed by atoms with E-state index in [1.165, 1.54) is 4.31 Å². The summed E-state index contributed by atoms with van der Waals surface area (Å²) in [5.74, 6) is 0.821. The Bertz CT molecular complexity index is 314. The van der Waals surface area contributed by atoms with Crippen LogP contribution in [0.5, 0.6) is 0 Å². The average molecular weight is 281 g/mol. The van der Waals surface area contributed by atoms with Gasteiger partial charge < -0.3 is 5.32 Å². The van der Waals surface area contributed by atoms with Gasteiger partial charge in [-0.3, -0.25) is 0 Å². The molecule has 102 valence electrons. The third-order valence-electron chi connectivity index (χ3n) is 3.02. The van der Waals surface area contributed by atoms with Crippen LogP contribution in [0.4, 0.5) is 0 Å². The molecule has 0 aromatic carbocycles. The molecule has 0 aliphatic carbocycles. The van der Waals surface area contributed by atoms with Gasteiger partial charge in [0.25, 0.3) is 10.2 Å². The van der Waals surface area contributed by atoms with Gasteiger partial charge in [-0.15, -0.1) is 0 Å². The van der Waals surface area contributed by atoms with Gasteiger partial charge in [-0.1, -0.05) is 0 Å². The highest BCUT2D eigenvalue weighted by Crippen LogP contribution is 2.13. The molecule has 5 nitrogen and oxygen atoms in total. The second-order valence-electron chi connectivity index (χ2n) is 4.33. The van der Waals surface area contributed by atoms with Crippen molar-refractivity contribution in [1.29, 1.82) is 0 Å². The lowest BCUT2D eigenvalue weighted by Crippen LogP contribution is -2.47. The molecule has 0 radical (unpaired) electrons. The standard InChI is InChI=1S/C10H23N3O2S2/c1-10(9-16-3)12(2)17(14,15)13-7-4-5-11-6-8-13/h10-11H,4-9H2,1-3H3. The highest BCUT2D eigenvalue weighted by atomic mass is 32.2. The molecule has 0 spiro atoms. The molecule has 1 atom stereocenters. The minimum Gasteiger partial charge on any atom is -0.315 e. The molecule has 1 aliphatic heterocycles. The molecule has 1 saturated heterocycles. The van der Waals surface area contributed by atoms with Crippen LogP contribution in [-0.2, 0) is 10.2 Å². The molecular formula is C10H23N3O2S2. The Labute approximate surface area is 109 Å². The van der Waals surface area contributed by atoms with E-state index in [2.05, 4.69) is 5.32 Å². The van der Waals surface area contributed by atoms with Crippen LogP contribution in [0.3, 0.4) is 0 Å². The molecule has 1 rings (SSSR count). The summed E-state index contributed by atoms with van der Waals surface area (Å²) in [6.45, 7) is 4.77. The van der Waals surface area contributed by atoms with Gasteiger partial charge in [-0.2, -0.15) is 28.8 Å². The maximum Gasteiger partial charge on any atom is 0.282 e. The van der Waals surface area contributed by atoms with Crippen molar-refractivity contribution in [3.05, 3.63) is 0 Å². The number of thioether (sulfide) groups is 1. The van der Waals surface area contributed by atoms with E-state index >= 15 is 0 Å². The fraction of sp³-hybridized carbons (Fsp3) is 1.00. The van der Waals surface area contributed by atoms with Crippen LogP contribution in [-0.4, -0.2) is 68.3 Å². The van der Waals surface area contributed by atoms with E-state index in [1.807, 2.05) is 13.2 Å². The van der Waals surface area contributed by atoms with Crippen LogP contribution in [0.1, 0.15) is 13.3 Å². The van der Waals surface area contributed by atoms with Crippen molar-refractivity contribution in [3.63, 3.8) is 0 Å².